The number of morpholine rings is 1. The summed E-state index contributed by atoms with van der Waals surface area (Å²) in [6.07, 6.45) is 0. The minimum atomic E-state index is 0.824. The molecule has 0 aliphatic carbocycles. The highest BCUT2D eigenvalue weighted by Gasteiger charge is 2.13. The number of rotatable bonds is 6. The van der Waals surface area contributed by atoms with Gasteiger partial charge in [0.25, 0.3) is 0 Å². The number of hydrogen-bond acceptors (Lipinski definition) is 5. The van der Waals surface area contributed by atoms with Crippen LogP contribution in [0.2, 0.25) is 0 Å². The van der Waals surface area contributed by atoms with E-state index in [0.717, 1.165) is 39.4 Å². The SMILES string of the molecule is c1csc(CN(Cc2cccs2)c2ccc(N3CCOCC3)cc2)c1. The average molecular weight is 371 g/mol. The second-order valence-corrected chi connectivity index (χ2v) is 8.20. The fraction of sp³-hybridized carbons (Fsp3) is 0.300. The number of anilines is 2. The zero-order valence-corrected chi connectivity index (χ0v) is 15.8. The molecule has 1 aliphatic heterocycles. The van der Waals surface area contributed by atoms with Crippen LogP contribution in [0.4, 0.5) is 11.4 Å². The molecular formula is C20H22N2OS2. The third kappa shape index (κ3) is 4.24. The van der Waals surface area contributed by atoms with Crippen molar-refractivity contribution in [3.05, 3.63) is 69.0 Å². The molecule has 1 aromatic carbocycles. The van der Waals surface area contributed by atoms with Crippen molar-refractivity contribution in [3.8, 4) is 0 Å². The summed E-state index contributed by atoms with van der Waals surface area (Å²) in [5.74, 6) is 0. The van der Waals surface area contributed by atoms with E-state index in [4.69, 9.17) is 4.74 Å². The average Bonchev–Trinajstić information content (AvgIpc) is 3.36. The summed E-state index contributed by atoms with van der Waals surface area (Å²) >= 11 is 3.65. The Labute approximate surface area is 157 Å². The molecule has 4 rings (SSSR count). The van der Waals surface area contributed by atoms with Gasteiger partial charge in [-0.05, 0) is 47.2 Å². The summed E-state index contributed by atoms with van der Waals surface area (Å²) in [5, 5.41) is 4.31. The van der Waals surface area contributed by atoms with Crippen LogP contribution in [0.5, 0.6) is 0 Å². The normalized spacial score (nSPS) is 14.6. The first kappa shape index (κ1) is 16.6. The maximum atomic E-state index is 5.45. The Kier molecular flexibility index (Phi) is 5.35. The van der Waals surface area contributed by atoms with E-state index in [0.29, 0.717) is 0 Å². The summed E-state index contributed by atoms with van der Waals surface area (Å²) in [6, 6.07) is 17.7. The minimum Gasteiger partial charge on any atom is -0.378 e. The van der Waals surface area contributed by atoms with Crippen LogP contribution in [0.25, 0.3) is 0 Å². The predicted molar refractivity (Wildman–Crippen MR) is 108 cm³/mol. The van der Waals surface area contributed by atoms with Gasteiger partial charge in [0, 0.05) is 34.2 Å². The van der Waals surface area contributed by atoms with Crippen LogP contribution >= 0.6 is 22.7 Å². The molecule has 3 heterocycles. The van der Waals surface area contributed by atoms with Gasteiger partial charge in [-0.1, -0.05) is 12.1 Å². The van der Waals surface area contributed by atoms with E-state index < -0.39 is 0 Å². The van der Waals surface area contributed by atoms with Gasteiger partial charge in [-0.2, -0.15) is 0 Å². The van der Waals surface area contributed by atoms with Gasteiger partial charge in [0.15, 0.2) is 0 Å². The molecule has 0 unspecified atom stereocenters. The van der Waals surface area contributed by atoms with Crippen molar-refractivity contribution < 1.29 is 4.74 Å². The van der Waals surface area contributed by atoms with Crippen molar-refractivity contribution in [3.63, 3.8) is 0 Å². The Hall–Kier alpha value is -1.82. The second kappa shape index (κ2) is 8.04. The fourth-order valence-electron chi connectivity index (χ4n) is 3.12. The zero-order valence-electron chi connectivity index (χ0n) is 14.1. The van der Waals surface area contributed by atoms with E-state index >= 15 is 0 Å². The Morgan fingerprint density at radius 2 is 1.44 bits per heavy atom. The lowest BCUT2D eigenvalue weighted by Crippen LogP contribution is -2.36. The highest BCUT2D eigenvalue weighted by Crippen LogP contribution is 2.26. The van der Waals surface area contributed by atoms with E-state index in [1.54, 1.807) is 0 Å². The maximum absolute atomic E-state index is 5.45. The molecule has 3 nitrogen and oxygen atoms in total. The molecule has 0 N–H and O–H groups in total. The molecule has 130 valence electrons. The molecule has 0 spiro atoms. The van der Waals surface area contributed by atoms with E-state index in [9.17, 15) is 0 Å². The van der Waals surface area contributed by atoms with E-state index in [1.807, 2.05) is 22.7 Å². The van der Waals surface area contributed by atoms with Crippen molar-refractivity contribution in [2.75, 3.05) is 36.1 Å². The molecule has 1 aliphatic rings. The number of nitrogens with zero attached hydrogens (tertiary/aromatic N) is 2. The molecule has 5 heteroatoms. The summed E-state index contributed by atoms with van der Waals surface area (Å²) in [6.45, 7) is 5.51. The van der Waals surface area contributed by atoms with Gasteiger partial charge in [0.2, 0.25) is 0 Å². The molecular weight excluding hydrogens is 348 g/mol. The van der Waals surface area contributed by atoms with Gasteiger partial charge < -0.3 is 14.5 Å². The molecule has 1 fully saturated rings. The van der Waals surface area contributed by atoms with Gasteiger partial charge in [0.1, 0.15) is 0 Å². The predicted octanol–water partition coefficient (Wildman–Crippen LogP) is 4.85. The summed E-state index contributed by atoms with van der Waals surface area (Å²) in [7, 11) is 0. The topological polar surface area (TPSA) is 15.7 Å². The Morgan fingerprint density at radius 1 is 0.840 bits per heavy atom. The third-order valence-electron chi connectivity index (χ3n) is 4.44. The number of benzene rings is 1. The van der Waals surface area contributed by atoms with Crippen molar-refractivity contribution in [1.82, 2.24) is 0 Å². The molecule has 3 aromatic rings. The lowest BCUT2D eigenvalue weighted by molar-refractivity contribution is 0.122. The van der Waals surface area contributed by atoms with Crippen LogP contribution in [0, 0.1) is 0 Å². The second-order valence-electron chi connectivity index (χ2n) is 6.13. The van der Waals surface area contributed by atoms with Crippen LogP contribution < -0.4 is 9.80 Å². The first-order valence-electron chi connectivity index (χ1n) is 8.61. The van der Waals surface area contributed by atoms with Crippen LogP contribution in [-0.2, 0) is 17.8 Å². The standard InChI is InChI=1S/C20H22N2OS2/c1-3-19(24-13-1)15-22(16-20-4-2-14-25-20)18-7-5-17(6-8-18)21-9-11-23-12-10-21/h1-8,13-14H,9-12,15-16H2. The number of ether oxygens (including phenoxy) is 1. The summed E-state index contributed by atoms with van der Waals surface area (Å²) in [5.41, 5.74) is 2.57. The first-order chi connectivity index (χ1) is 12.4. The molecule has 0 atom stereocenters. The largest absolute Gasteiger partial charge is 0.378 e. The molecule has 2 aromatic heterocycles. The lowest BCUT2D eigenvalue weighted by atomic mass is 10.2. The first-order valence-corrected chi connectivity index (χ1v) is 10.4. The Bertz CT molecular complexity index is 711. The Morgan fingerprint density at radius 3 is 1.96 bits per heavy atom. The van der Waals surface area contributed by atoms with Crippen LogP contribution in [0.3, 0.4) is 0 Å². The lowest BCUT2D eigenvalue weighted by Gasteiger charge is -2.30. The molecule has 1 saturated heterocycles. The van der Waals surface area contributed by atoms with E-state index in [1.165, 1.54) is 21.1 Å². The van der Waals surface area contributed by atoms with Gasteiger partial charge in [-0.25, -0.2) is 0 Å². The van der Waals surface area contributed by atoms with E-state index in [-0.39, 0.29) is 0 Å². The molecule has 25 heavy (non-hydrogen) atoms. The summed E-state index contributed by atoms with van der Waals surface area (Å²) < 4.78 is 5.45. The highest BCUT2D eigenvalue weighted by molar-refractivity contribution is 7.10. The highest BCUT2D eigenvalue weighted by atomic mass is 32.1. The smallest absolute Gasteiger partial charge is 0.0642 e. The van der Waals surface area contributed by atoms with Crippen LogP contribution in [0.15, 0.2) is 59.3 Å². The van der Waals surface area contributed by atoms with E-state index in [2.05, 4.69) is 69.1 Å². The molecule has 0 radical (unpaired) electrons. The molecule has 0 amide bonds. The van der Waals surface area contributed by atoms with Gasteiger partial charge in [-0.15, -0.1) is 22.7 Å². The third-order valence-corrected chi connectivity index (χ3v) is 6.17. The van der Waals surface area contributed by atoms with Gasteiger partial charge in [0.05, 0.1) is 26.3 Å². The van der Waals surface area contributed by atoms with Gasteiger partial charge in [-0.3, -0.25) is 0 Å². The minimum absolute atomic E-state index is 0.824. The Balaban J connectivity index is 1.53. The monoisotopic (exact) mass is 370 g/mol. The van der Waals surface area contributed by atoms with Crippen molar-refractivity contribution in [2.45, 2.75) is 13.1 Å². The zero-order chi connectivity index (χ0) is 16.9. The number of hydrogen-bond donors (Lipinski definition) is 0. The quantitative estimate of drug-likeness (QED) is 0.617. The van der Waals surface area contributed by atoms with Crippen molar-refractivity contribution >= 4 is 34.0 Å². The van der Waals surface area contributed by atoms with Crippen LogP contribution in [-0.4, -0.2) is 26.3 Å². The molecule has 0 saturated carbocycles. The van der Waals surface area contributed by atoms with Crippen molar-refractivity contribution in [2.24, 2.45) is 0 Å². The van der Waals surface area contributed by atoms with Gasteiger partial charge >= 0.3 is 0 Å². The van der Waals surface area contributed by atoms with Crippen LogP contribution in [0.1, 0.15) is 9.75 Å². The maximum Gasteiger partial charge on any atom is 0.0642 e. The summed E-state index contributed by atoms with van der Waals surface area (Å²) in [4.78, 5) is 7.65. The van der Waals surface area contributed by atoms with Crippen molar-refractivity contribution in [1.29, 1.82) is 0 Å². The molecule has 0 bridgehead atoms. The number of thiophene rings is 2. The fourth-order valence-corrected chi connectivity index (χ4v) is 4.55.